The lowest BCUT2D eigenvalue weighted by molar-refractivity contribution is 0.106. The number of hydrogen-bond donors (Lipinski definition) is 1. The normalized spacial score (nSPS) is 12.4. The summed E-state index contributed by atoms with van der Waals surface area (Å²) < 4.78 is 6.69. The number of benzene rings is 2. The van der Waals surface area contributed by atoms with Crippen LogP contribution < -0.4 is 19.5 Å². The van der Waals surface area contributed by atoms with Crippen molar-refractivity contribution in [2.75, 3.05) is 6.61 Å². The molecule has 0 bridgehead atoms. The Morgan fingerprint density at radius 2 is 1.86 bits per heavy atom. The Morgan fingerprint density at radius 1 is 1.14 bits per heavy atom. The lowest BCUT2D eigenvalue weighted by Gasteiger charge is -2.04. The van der Waals surface area contributed by atoms with Gasteiger partial charge in [0.1, 0.15) is 5.75 Å². The van der Waals surface area contributed by atoms with E-state index in [1.54, 1.807) is 30.3 Å². The SMILES string of the molecule is CCCCOc1ccc(/C=c2\s/c(=C\C(=O)c3ccc(Cl)cc3)[nH]c2=O)cc1. The summed E-state index contributed by atoms with van der Waals surface area (Å²) in [6.45, 7) is 2.82. The molecule has 1 aromatic heterocycles. The van der Waals surface area contributed by atoms with Gasteiger partial charge in [0.2, 0.25) is 0 Å². The van der Waals surface area contributed by atoms with E-state index in [1.165, 1.54) is 17.4 Å². The van der Waals surface area contributed by atoms with Crippen LogP contribution in [0, 0.1) is 0 Å². The fourth-order valence-electron chi connectivity index (χ4n) is 2.49. The van der Waals surface area contributed by atoms with Gasteiger partial charge in [0.15, 0.2) is 5.78 Å². The molecule has 0 aliphatic rings. The minimum absolute atomic E-state index is 0.186. The van der Waals surface area contributed by atoms with E-state index in [-0.39, 0.29) is 11.3 Å². The third-order valence-corrected chi connectivity index (χ3v) is 5.23. The third-order valence-electron chi connectivity index (χ3n) is 4.02. The van der Waals surface area contributed by atoms with Crippen molar-refractivity contribution in [3.05, 3.63) is 84.2 Å². The zero-order valence-electron chi connectivity index (χ0n) is 15.4. The van der Waals surface area contributed by atoms with E-state index in [4.69, 9.17) is 16.3 Å². The Balaban J connectivity index is 1.80. The lowest BCUT2D eigenvalue weighted by Crippen LogP contribution is -2.20. The van der Waals surface area contributed by atoms with Crippen molar-refractivity contribution < 1.29 is 9.53 Å². The summed E-state index contributed by atoms with van der Waals surface area (Å²) in [5, 5.41) is 0.569. The van der Waals surface area contributed by atoms with Gasteiger partial charge in [0.05, 0.1) is 15.8 Å². The predicted molar refractivity (Wildman–Crippen MR) is 115 cm³/mol. The Bertz CT molecular complexity index is 1110. The van der Waals surface area contributed by atoms with Crippen molar-refractivity contribution in [2.24, 2.45) is 0 Å². The first kappa shape index (κ1) is 20.1. The Labute approximate surface area is 171 Å². The molecule has 4 nitrogen and oxygen atoms in total. The van der Waals surface area contributed by atoms with Crippen molar-refractivity contribution in [1.29, 1.82) is 0 Å². The number of thiazole rings is 1. The van der Waals surface area contributed by atoms with Gasteiger partial charge < -0.3 is 9.72 Å². The molecule has 3 rings (SSSR count). The van der Waals surface area contributed by atoms with Crippen LogP contribution in [-0.4, -0.2) is 17.4 Å². The number of unbranched alkanes of at least 4 members (excludes halogenated alkanes) is 1. The first-order chi connectivity index (χ1) is 13.5. The summed E-state index contributed by atoms with van der Waals surface area (Å²) in [6.07, 6.45) is 5.33. The fourth-order valence-corrected chi connectivity index (χ4v) is 3.50. The molecular weight excluding hydrogens is 394 g/mol. The molecule has 0 aliphatic heterocycles. The van der Waals surface area contributed by atoms with Gasteiger partial charge in [-0.05, 0) is 54.5 Å². The second-order valence-electron chi connectivity index (χ2n) is 6.22. The smallest absolute Gasteiger partial charge is 0.266 e. The number of ketones is 1. The van der Waals surface area contributed by atoms with E-state index in [2.05, 4.69) is 11.9 Å². The highest BCUT2D eigenvalue weighted by molar-refractivity contribution is 7.07. The first-order valence-corrected chi connectivity index (χ1v) is 10.2. The molecule has 0 aliphatic carbocycles. The van der Waals surface area contributed by atoms with Gasteiger partial charge in [-0.1, -0.05) is 37.1 Å². The Hall–Kier alpha value is -2.63. The van der Waals surface area contributed by atoms with Crippen LogP contribution in [0.25, 0.3) is 12.2 Å². The van der Waals surface area contributed by atoms with Gasteiger partial charge >= 0.3 is 0 Å². The van der Waals surface area contributed by atoms with Crippen LogP contribution in [-0.2, 0) is 0 Å². The fraction of sp³-hybridized carbons (Fsp3) is 0.182. The van der Waals surface area contributed by atoms with Crippen LogP contribution in [0.2, 0.25) is 5.02 Å². The number of aromatic amines is 1. The van der Waals surface area contributed by atoms with Crippen LogP contribution in [0.3, 0.4) is 0 Å². The maximum absolute atomic E-state index is 12.3. The highest BCUT2D eigenvalue weighted by Crippen LogP contribution is 2.13. The number of carbonyl (C=O) groups excluding carboxylic acids is 1. The van der Waals surface area contributed by atoms with Gasteiger partial charge in [-0.25, -0.2) is 0 Å². The monoisotopic (exact) mass is 413 g/mol. The number of halogens is 1. The summed E-state index contributed by atoms with van der Waals surface area (Å²) in [7, 11) is 0. The van der Waals surface area contributed by atoms with E-state index >= 15 is 0 Å². The first-order valence-electron chi connectivity index (χ1n) is 9.00. The van der Waals surface area contributed by atoms with E-state index in [0.717, 1.165) is 24.2 Å². The van der Waals surface area contributed by atoms with Crippen LogP contribution in [0.5, 0.6) is 5.75 Å². The number of rotatable bonds is 7. The lowest BCUT2D eigenvalue weighted by atomic mass is 10.1. The molecule has 144 valence electrons. The summed E-state index contributed by atoms with van der Waals surface area (Å²) >= 11 is 7.08. The van der Waals surface area contributed by atoms with Crippen LogP contribution >= 0.6 is 22.9 Å². The number of H-pyrrole nitrogens is 1. The average Bonchev–Trinajstić information content (AvgIpc) is 3.02. The molecule has 1 N–H and O–H groups in total. The minimum Gasteiger partial charge on any atom is -0.494 e. The van der Waals surface area contributed by atoms with Gasteiger partial charge in [0, 0.05) is 16.7 Å². The molecule has 2 aromatic carbocycles. The van der Waals surface area contributed by atoms with Crippen molar-refractivity contribution in [3.8, 4) is 5.75 Å². The van der Waals surface area contributed by atoms with Crippen molar-refractivity contribution in [3.63, 3.8) is 0 Å². The Kier molecular flexibility index (Phi) is 6.85. The van der Waals surface area contributed by atoms with Gasteiger partial charge in [-0.15, -0.1) is 11.3 Å². The molecule has 0 spiro atoms. The van der Waals surface area contributed by atoms with Gasteiger partial charge in [-0.3, -0.25) is 9.59 Å². The molecule has 28 heavy (non-hydrogen) atoms. The number of ether oxygens (including phenoxy) is 1. The van der Waals surface area contributed by atoms with Crippen LogP contribution in [0.15, 0.2) is 53.3 Å². The molecule has 3 aromatic rings. The number of aromatic nitrogens is 1. The largest absolute Gasteiger partial charge is 0.494 e. The second kappa shape index (κ2) is 9.53. The summed E-state index contributed by atoms with van der Waals surface area (Å²) in [4.78, 5) is 27.2. The molecule has 0 saturated heterocycles. The number of carbonyl (C=O) groups is 1. The topological polar surface area (TPSA) is 59.2 Å². The number of hydrogen-bond acceptors (Lipinski definition) is 4. The zero-order valence-corrected chi connectivity index (χ0v) is 17.0. The third kappa shape index (κ3) is 5.44. The van der Waals surface area contributed by atoms with Crippen LogP contribution in [0.4, 0.5) is 0 Å². The molecule has 1 heterocycles. The minimum atomic E-state index is -0.219. The van der Waals surface area contributed by atoms with Gasteiger partial charge in [0.25, 0.3) is 5.56 Å². The highest BCUT2D eigenvalue weighted by Gasteiger charge is 2.03. The average molecular weight is 414 g/mol. The van der Waals surface area contributed by atoms with E-state index in [1.807, 2.05) is 24.3 Å². The second-order valence-corrected chi connectivity index (χ2v) is 7.74. The van der Waals surface area contributed by atoms with E-state index in [0.29, 0.717) is 26.4 Å². The zero-order chi connectivity index (χ0) is 19.9. The quantitative estimate of drug-likeness (QED) is 0.474. The molecule has 0 unspecified atom stereocenters. The maximum Gasteiger partial charge on any atom is 0.266 e. The Morgan fingerprint density at radius 3 is 2.54 bits per heavy atom. The number of nitrogens with one attached hydrogen (secondary N) is 1. The van der Waals surface area contributed by atoms with Crippen molar-refractivity contribution >= 4 is 40.9 Å². The molecule has 0 saturated carbocycles. The van der Waals surface area contributed by atoms with Crippen molar-refractivity contribution in [2.45, 2.75) is 19.8 Å². The van der Waals surface area contributed by atoms with E-state index in [9.17, 15) is 9.59 Å². The summed E-state index contributed by atoms with van der Waals surface area (Å²) in [6, 6.07) is 14.2. The standard InChI is InChI=1S/C22H20ClNO3S/c1-2-3-12-27-18-10-4-15(5-11-18)13-20-22(26)24-21(28-20)14-19(25)16-6-8-17(23)9-7-16/h4-11,13-14H,2-3,12H2,1H3,(H,24,26)/b20-13-,21-14-. The molecular formula is C22H20ClNO3S. The van der Waals surface area contributed by atoms with Crippen molar-refractivity contribution in [1.82, 2.24) is 4.98 Å². The molecule has 0 amide bonds. The predicted octanol–water partition coefficient (Wildman–Crippen LogP) is 3.76. The van der Waals surface area contributed by atoms with E-state index < -0.39 is 0 Å². The molecule has 0 atom stereocenters. The highest BCUT2D eigenvalue weighted by atomic mass is 35.5. The summed E-state index contributed by atoms with van der Waals surface area (Å²) in [5.74, 6) is 0.627. The molecule has 0 fully saturated rings. The molecule has 0 radical (unpaired) electrons. The van der Waals surface area contributed by atoms with Gasteiger partial charge in [-0.2, -0.15) is 0 Å². The molecule has 6 heteroatoms. The van der Waals surface area contributed by atoms with Crippen LogP contribution in [0.1, 0.15) is 35.7 Å². The summed E-state index contributed by atoms with van der Waals surface area (Å²) in [5.41, 5.74) is 1.19. The maximum atomic E-state index is 12.3. The number of Topliss-reactive ketones (excluding diaryl/α,β-unsaturated/α-hetero) is 1.